The van der Waals surface area contributed by atoms with Crippen LogP contribution in [0.2, 0.25) is 5.02 Å². The van der Waals surface area contributed by atoms with Crippen molar-refractivity contribution in [1.29, 1.82) is 0 Å². The quantitative estimate of drug-likeness (QED) is 0.673. The zero-order valence-corrected chi connectivity index (χ0v) is 8.07. The van der Waals surface area contributed by atoms with E-state index in [4.69, 9.17) is 11.6 Å². The first-order chi connectivity index (χ1) is 5.24. The van der Waals surface area contributed by atoms with Crippen LogP contribution in [-0.4, -0.2) is 5.75 Å². The topological polar surface area (TPSA) is 0 Å². The van der Waals surface area contributed by atoms with Crippen LogP contribution in [-0.2, 0) is 0 Å². The maximum Gasteiger partial charge on any atom is 0.0406 e. The fourth-order valence-electron chi connectivity index (χ4n) is 0.897. The van der Waals surface area contributed by atoms with Crippen molar-refractivity contribution in [3.05, 3.63) is 34.9 Å². The minimum absolute atomic E-state index is 0.510. The van der Waals surface area contributed by atoms with E-state index < -0.39 is 0 Å². The lowest BCUT2D eigenvalue weighted by atomic mass is 10.0. The van der Waals surface area contributed by atoms with E-state index in [0.29, 0.717) is 5.92 Å². The van der Waals surface area contributed by atoms with E-state index in [9.17, 15) is 0 Å². The summed E-state index contributed by atoms with van der Waals surface area (Å²) in [5, 5.41) is 0.792. The summed E-state index contributed by atoms with van der Waals surface area (Å²) < 4.78 is 0. The van der Waals surface area contributed by atoms with E-state index >= 15 is 0 Å². The number of halogens is 1. The highest BCUT2D eigenvalue weighted by atomic mass is 35.5. The van der Waals surface area contributed by atoms with Crippen molar-refractivity contribution in [2.24, 2.45) is 0 Å². The first-order valence-corrected chi connectivity index (χ1v) is 4.61. The number of thiol groups is 1. The molecule has 1 aromatic rings. The Kier molecular flexibility index (Phi) is 3.28. The molecule has 0 aromatic heterocycles. The van der Waals surface area contributed by atoms with Gasteiger partial charge in [-0.15, -0.1) is 0 Å². The molecular weight excluding hydrogens is 176 g/mol. The van der Waals surface area contributed by atoms with Crippen molar-refractivity contribution >= 4 is 24.2 Å². The molecule has 0 bridgehead atoms. The van der Waals surface area contributed by atoms with Crippen LogP contribution in [0.4, 0.5) is 0 Å². The van der Waals surface area contributed by atoms with Crippen molar-refractivity contribution in [2.75, 3.05) is 5.75 Å². The lowest BCUT2D eigenvalue weighted by Crippen LogP contribution is -1.93. The van der Waals surface area contributed by atoms with Crippen molar-refractivity contribution in [1.82, 2.24) is 0 Å². The molecule has 0 radical (unpaired) electrons. The Bertz CT molecular complexity index is 218. The predicted molar refractivity (Wildman–Crippen MR) is 53.7 cm³/mol. The molecule has 1 aromatic carbocycles. The molecule has 1 unspecified atom stereocenters. The summed E-state index contributed by atoms with van der Waals surface area (Å²) in [6, 6.07) is 7.92. The van der Waals surface area contributed by atoms with Gasteiger partial charge in [-0.25, -0.2) is 0 Å². The number of benzene rings is 1. The van der Waals surface area contributed by atoms with Gasteiger partial charge in [-0.2, -0.15) is 12.6 Å². The van der Waals surface area contributed by atoms with Gasteiger partial charge in [-0.05, 0) is 29.4 Å². The highest BCUT2D eigenvalue weighted by Gasteiger charge is 2.01. The summed E-state index contributed by atoms with van der Waals surface area (Å²) in [4.78, 5) is 0. The smallest absolute Gasteiger partial charge is 0.0406 e. The molecule has 1 atom stereocenters. The summed E-state index contributed by atoms with van der Waals surface area (Å²) in [5.74, 6) is 1.39. The summed E-state index contributed by atoms with van der Waals surface area (Å²) in [6.45, 7) is 2.15. The maximum atomic E-state index is 5.74. The molecule has 0 aliphatic rings. The minimum Gasteiger partial charge on any atom is -0.179 e. The molecule has 1 rings (SSSR count). The van der Waals surface area contributed by atoms with Crippen molar-refractivity contribution in [3.63, 3.8) is 0 Å². The zero-order chi connectivity index (χ0) is 8.27. The van der Waals surface area contributed by atoms with Gasteiger partial charge < -0.3 is 0 Å². The Hall–Kier alpha value is -0.140. The SMILES string of the molecule is CC(CS)c1ccc(Cl)cc1. The average Bonchev–Trinajstić information content (AvgIpc) is 2.05. The Balaban J connectivity index is 2.81. The Morgan fingerprint density at radius 1 is 1.36 bits per heavy atom. The third-order valence-electron chi connectivity index (χ3n) is 1.71. The molecule has 0 saturated heterocycles. The van der Waals surface area contributed by atoms with Crippen LogP contribution in [0, 0.1) is 0 Å². The molecule has 0 N–H and O–H groups in total. The fourth-order valence-corrected chi connectivity index (χ4v) is 1.23. The minimum atomic E-state index is 0.510. The van der Waals surface area contributed by atoms with Gasteiger partial charge in [-0.1, -0.05) is 30.7 Å². The van der Waals surface area contributed by atoms with E-state index in [1.807, 2.05) is 24.3 Å². The molecular formula is C9H11ClS. The Labute approximate surface area is 78.0 Å². The van der Waals surface area contributed by atoms with Crippen molar-refractivity contribution in [2.45, 2.75) is 12.8 Å². The van der Waals surface area contributed by atoms with Gasteiger partial charge in [0.05, 0.1) is 0 Å². The van der Waals surface area contributed by atoms with Gasteiger partial charge >= 0.3 is 0 Å². The van der Waals surface area contributed by atoms with Crippen LogP contribution >= 0.6 is 24.2 Å². The molecule has 0 aliphatic heterocycles. The lowest BCUT2D eigenvalue weighted by molar-refractivity contribution is 0.884. The molecule has 0 fully saturated rings. The third kappa shape index (κ3) is 2.42. The van der Waals surface area contributed by atoms with Crippen LogP contribution in [0.15, 0.2) is 24.3 Å². The van der Waals surface area contributed by atoms with E-state index in [1.54, 1.807) is 0 Å². The molecule has 0 heterocycles. The zero-order valence-electron chi connectivity index (χ0n) is 6.42. The van der Waals surface area contributed by atoms with Gasteiger partial charge in [0.25, 0.3) is 0 Å². The van der Waals surface area contributed by atoms with Gasteiger partial charge in [0, 0.05) is 5.02 Å². The van der Waals surface area contributed by atoms with Crippen LogP contribution < -0.4 is 0 Å². The van der Waals surface area contributed by atoms with Gasteiger partial charge in [0.15, 0.2) is 0 Å². The van der Waals surface area contributed by atoms with E-state index in [2.05, 4.69) is 19.6 Å². The van der Waals surface area contributed by atoms with Crippen LogP contribution in [0.1, 0.15) is 18.4 Å². The summed E-state index contributed by atoms with van der Waals surface area (Å²) in [6.07, 6.45) is 0. The number of hydrogen-bond acceptors (Lipinski definition) is 1. The summed E-state index contributed by atoms with van der Waals surface area (Å²) in [7, 11) is 0. The van der Waals surface area contributed by atoms with Crippen molar-refractivity contribution in [3.8, 4) is 0 Å². The fraction of sp³-hybridized carbons (Fsp3) is 0.333. The molecule has 0 spiro atoms. The van der Waals surface area contributed by atoms with E-state index in [1.165, 1.54) is 5.56 Å². The Morgan fingerprint density at radius 3 is 2.36 bits per heavy atom. The summed E-state index contributed by atoms with van der Waals surface area (Å²) in [5.41, 5.74) is 1.30. The molecule has 0 amide bonds. The lowest BCUT2D eigenvalue weighted by Gasteiger charge is -2.07. The van der Waals surface area contributed by atoms with Gasteiger partial charge in [-0.3, -0.25) is 0 Å². The number of hydrogen-bond donors (Lipinski definition) is 1. The number of rotatable bonds is 2. The summed E-state index contributed by atoms with van der Waals surface area (Å²) >= 11 is 9.96. The second-order valence-electron chi connectivity index (χ2n) is 2.64. The third-order valence-corrected chi connectivity index (χ3v) is 2.51. The standard InChI is InChI=1S/C9H11ClS/c1-7(6-11)8-2-4-9(10)5-3-8/h2-5,7,11H,6H2,1H3. The first kappa shape index (κ1) is 8.95. The molecule has 0 nitrogen and oxygen atoms in total. The monoisotopic (exact) mass is 186 g/mol. The molecule has 0 aliphatic carbocycles. The first-order valence-electron chi connectivity index (χ1n) is 3.60. The predicted octanol–water partition coefficient (Wildman–Crippen LogP) is 3.37. The van der Waals surface area contributed by atoms with Crippen LogP contribution in [0.3, 0.4) is 0 Å². The van der Waals surface area contributed by atoms with Gasteiger partial charge in [0.2, 0.25) is 0 Å². The second kappa shape index (κ2) is 4.03. The van der Waals surface area contributed by atoms with Crippen LogP contribution in [0.25, 0.3) is 0 Å². The highest BCUT2D eigenvalue weighted by molar-refractivity contribution is 7.80. The highest BCUT2D eigenvalue weighted by Crippen LogP contribution is 2.18. The average molecular weight is 187 g/mol. The molecule has 60 valence electrons. The maximum absolute atomic E-state index is 5.74. The molecule has 11 heavy (non-hydrogen) atoms. The van der Waals surface area contributed by atoms with Gasteiger partial charge in [0.1, 0.15) is 0 Å². The largest absolute Gasteiger partial charge is 0.179 e. The van der Waals surface area contributed by atoms with E-state index in [-0.39, 0.29) is 0 Å². The molecule has 0 saturated carbocycles. The van der Waals surface area contributed by atoms with Crippen LogP contribution in [0.5, 0.6) is 0 Å². The molecule has 2 heteroatoms. The normalized spacial score (nSPS) is 13.0. The Morgan fingerprint density at radius 2 is 1.91 bits per heavy atom. The van der Waals surface area contributed by atoms with Crippen molar-refractivity contribution < 1.29 is 0 Å². The van der Waals surface area contributed by atoms with E-state index in [0.717, 1.165) is 10.8 Å². The second-order valence-corrected chi connectivity index (χ2v) is 3.44.